The molecule has 2 atom stereocenters. The maximum absolute atomic E-state index is 12.1. The molecule has 1 amide bonds. The number of anilines is 1. The molecule has 1 aromatic carbocycles. The lowest BCUT2D eigenvalue weighted by molar-refractivity contribution is -0.120. The van der Waals surface area contributed by atoms with Crippen LogP contribution in [0.15, 0.2) is 22.7 Å². The van der Waals surface area contributed by atoms with Crippen molar-refractivity contribution < 1.29 is 14.7 Å². The van der Waals surface area contributed by atoms with Gasteiger partial charge in [0.2, 0.25) is 5.91 Å². The minimum atomic E-state index is -1.01. The Morgan fingerprint density at radius 2 is 1.89 bits per heavy atom. The Morgan fingerprint density at radius 3 is 2.53 bits per heavy atom. The van der Waals surface area contributed by atoms with E-state index < -0.39 is 5.97 Å². The van der Waals surface area contributed by atoms with E-state index in [-0.39, 0.29) is 17.4 Å². The van der Waals surface area contributed by atoms with Gasteiger partial charge in [-0.3, -0.25) is 4.79 Å². The second-order valence-electron chi connectivity index (χ2n) is 5.41. The first-order valence-corrected chi connectivity index (χ1v) is 7.17. The predicted molar refractivity (Wildman–Crippen MR) is 74.1 cm³/mol. The Hall–Kier alpha value is -1.36. The van der Waals surface area contributed by atoms with Gasteiger partial charge in [0.15, 0.2) is 0 Å². The third-order valence-corrected chi connectivity index (χ3v) is 4.77. The van der Waals surface area contributed by atoms with Crippen molar-refractivity contribution in [1.82, 2.24) is 0 Å². The second-order valence-corrected chi connectivity index (χ2v) is 6.27. The minimum absolute atomic E-state index is 0.0193. The lowest BCUT2D eigenvalue weighted by Crippen LogP contribution is -2.21. The van der Waals surface area contributed by atoms with E-state index in [0.29, 0.717) is 10.2 Å². The van der Waals surface area contributed by atoms with Crippen molar-refractivity contribution in [2.75, 3.05) is 5.32 Å². The summed E-state index contributed by atoms with van der Waals surface area (Å²) in [6.45, 7) is 0. The summed E-state index contributed by atoms with van der Waals surface area (Å²) < 4.78 is 0.514. The maximum atomic E-state index is 12.1. The van der Waals surface area contributed by atoms with Crippen molar-refractivity contribution in [1.29, 1.82) is 0 Å². The number of carboxylic acid groups (broad SMARTS) is 1. The largest absolute Gasteiger partial charge is 0.478 e. The standard InChI is InChI=1S/C14H14BrNO3/c15-12-2-1-10(6-11(12)14(18)19)16-13(17)9-4-7-3-8(7)5-9/h1-2,6-9H,3-5H2,(H,16,17)(H,18,19). The SMILES string of the molecule is O=C(O)c1cc(NC(=O)C2CC3CC3C2)ccc1Br. The van der Waals surface area contributed by atoms with Crippen molar-refractivity contribution >= 4 is 33.5 Å². The van der Waals surface area contributed by atoms with E-state index in [2.05, 4.69) is 21.2 Å². The molecule has 0 saturated heterocycles. The van der Waals surface area contributed by atoms with Gasteiger partial charge < -0.3 is 10.4 Å². The molecule has 2 aliphatic rings. The topological polar surface area (TPSA) is 66.4 Å². The molecule has 2 aliphatic carbocycles. The van der Waals surface area contributed by atoms with E-state index in [1.54, 1.807) is 12.1 Å². The molecule has 3 rings (SSSR count). The maximum Gasteiger partial charge on any atom is 0.336 e. The predicted octanol–water partition coefficient (Wildman–Crippen LogP) is 3.13. The molecule has 19 heavy (non-hydrogen) atoms. The molecule has 0 heterocycles. The molecule has 0 radical (unpaired) electrons. The van der Waals surface area contributed by atoms with Gasteiger partial charge in [0.1, 0.15) is 0 Å². The number of amides is 1. The first-order valence-electron chi connectivity index (χ1n) is 6.38. The van der Waals surface area contributed by atoms with Crippen LogP contribution in [0, 0.1) is 17.8 Å². The molecule has 2 N–H and O–H groups in total. The number of halogens is 1. The molecular formula is C14H14BrNO3. The molecular weight excluding hydrogens is 310 g/mol. The first-order chi connectivity index (χ1) is 9.04. The van der Waals surface area contributed by atoms with Crippen LogP contribution in [0.5, 0.6) is 0 Å². The number of aromatic carboxylic acids is 1. The zero-order valence-corrected chi connectivity index (χ0v) is 11.8. The number of carbonyl (C=O) groups is 2. The number of hydrogen-bond acceptors (Lipinski definition) is 2. The third-order valence-electron chi connectivity index (χ3n) is 4.08. The molecule has 2 unspecified atom stereocenters. The zero-order chi connectivity index (χ0) is 13.6. The number of benzene rings is 1. The van der Waals surface area contributed by atoms with Crippen molar-refractivity contribution in [2.45, 2.75) is 19.3 Å². The quantitative estimate of drug-likeness (QED) is 0.898. The summed E-state index contributed by atoms with van der Waals surface area (Å²) in [4.78, 5) is 23.1. The fourth-order valence-corrected chi connectivity index (χ4v) is 3.36. The van der Waals surface area contributed by atoms with Crippen molar-refractivity contribution in [3.8, 4) is 0 Å². The summed E-state index contributed by atoms with van der Waals surface area (Å²) in [7, 11) is 0. The van der Waals surface area contributed by atoms with E-state index in [1.807, 2.05) is 0 Å². The molecule has 5 heteroatoms. The van der Waals surface area contributed by atoms with Crippen LogP contribution in [0.2, 0.25) is 0 Å². The molecule has 100 valence electrons. The van der Waals surface area contributed by atoms with Crippen LogP contribution < -0.4 is 5.32 Å². The normalized spacial score (nSPS) is 27.7. The van der Waals surface area contributed by atoms with Crippen LogP contribution in [-0.2, 0) is 4.79 Å². The average Bonchev–Trinajstić information content (AvgIpc) is 2.98. The van der Waals surface area contributed by atoms with Crippen LogP contribution >= 0.6 is 15.9 Å². The zero-order valence-electron chi connectivity index (χ0n) is 10.2. The smallest absolute Gasteiger partial charge is 0.336 e. The highest BCUT2D eigenvalue weighted by atomic mass is 79.9. The van der Waals surface area contributed by atoms with Gasteiger partial charge in [0, 0.05) is 16.1 Å². The average molecular weight is 324 g/mol. The van der Waals surface area contributed by atoms with E-state index >= 15 is 0 Å². The Labute approximate surface area is 119 Å². The number of nitrogens with one attached hydrogen (secondary N) is 1. The summed E-state index contributed by atoms with van der Waals surface area (Å²) in [5, 5.41) is 11.9. The van der Waals surface area contributed by atoms with Crippen molar-refractivity contribution in [3.63, 3.8) is 0 Å². The first kappa shape index (κ1) is 12.7. The summed E-state index contributed by atoms with van der Waals surface area (Å²) >= 11 is 3.18. The second kappa shape index (κ2) is 4.63. The Balaban J connectivity index is 1.70. The van der Waals surface area contributed by atoms with Gasteiger partial charge in [-0.25, -0.2) is 4.79 Å². The Kier molecular flexibility index (Phi) is 3.09. The van der Waals surface area contributed by atoms with Gasteiger partial charge in [-0.05, 0) is 65.2 Å². The Bertz CT molecular complexity index is 548. The summed E-state index contributed by atoms with van der Waals surface area (Å²) in [5.74, 6) is 0.627. The molecule has 0 aliphatic heterocycles. The van der Waals surface area contributed by atoms with Crippen LogP contribution in [0.25, 0.3) is 0 Å². The van der Waals surface area contributed by atoms with Gasteiger partial charge in [-0.2, -0.15) is 0 Å². The molecule has 0 bridgehead atoms. The van der Waals surface area contributed by atoms with E-state index in [1.165, 1.54) is 12.5 Å². The van der Waals surface area contributed by atoms with Gasteiger partial charge in [-0.15, -0.1) is 0 Å². The molecule has 4 nitrogen and oxygen atoms in total. The van der Waals surface area contributed by atoms with Crippen molar-refractivity contribution in [3.05, 3.63) is 28.2 Å². The van der Waals surface area contributed by atoms with E-state index in [0.717, 1.165) is 24.7 Å². The molecule has 2 fully saturated rings. The lowest BCUT2D eigenvalue weighted by atomic mass is 10.0. The van der Waals surface area contributed by atoms with Gasteiger partial charge in [0.25, 0.3) is 0 Å². The van der Waals surface area contributed by atoms with Crippen LogP contribution in [0.3, 0.4) is 0 Å². The number of carboxylic acids is 1. The number of carbonyl (C=O) groups excluding carboxylic acids is 1. The summed E-state index contributed by atoms with van der Waals surface area (Å²) in [6, 6.07) is 4.84. The molecule has 1 aromatic rings. The number of rotatable bonds is 3. The number of fused-ring (bicyclic) bond motifs is 1. The number of hydrogen-bond donors (Lipinski definition) is 2. The van der Waals surface area contributed by atoms with E-state index in [4.69, 9.17) is 5.11 Å². The third kappa shape index (κ3) is 2.52. The van der Waals surface area contributed by atoms with Crippen molar-refractivity contribution in [2.24, 2.45) is 17.8 Å². The highest BCUT2D eigenvalue weighted by Gasteiger charge is 2.47. The fraction of sp³-hybridized carbons (Fsp3) is 0.429. The highest BCUT2D eigenvalue weighted by Crippen LogP contribution is 2.54. The Morgan fingerprint density at radius 1 is 1.21 bits per heavy atom. The van der Waals surface area contributed by atoms with E-state index in [9.17, 15) is 9.59 Å². The lowest BCUT2D eigenvalue weighted by Gasteiger charge is -2.13. The van der Waals surface area contributed by atoms with Crippen LogP contribution in [0.4, 0.5) is 5.69 Å². The molecule has 0 aromatic heterocycles. The van der Waals surface area contributed by atoms with Crippen LogP contribution in [0.1, 0.15) is 29.6 Å². The minimum Gasteiger partial charge on any atom is -0.478 e. The van der Waals surface area contributed by atoms with Gasteiger partial charge in [-0.1, -0.05) is 0 Å². The van der Waals surface area contributed by atoms with Crippen LogP contribution in [-0.4, -0.2) is 17.0 Å². The molecule has 0 spiro atoms. The highest BCUT2D eigenvalue weighted by molar-refractivity contribution is 9.10. The van der Waals surface area contributed by atoms with Gasteiger partial charge >= 0.3 is 5.97 Å². The summed E-state index contributed by atoms with van der Waals surface area (Å²) in [5.41, 5.74) is 0.707. The molecule has 2 saturated carbocycles. The fourth-order valence-electron chi connectivity index (χ4n) is 2.94. The summed E-state index contributed by atoms with van der Waals surface area (Å²) in [6.07, 6.45) is 3.25. The van der Waals surface area contributed by atoms with Gasteiger partial charge in [0.05, 0.1) is 5.56 Å². The monoisotopic (exact) mass is 323 g/mol.